The molecule has 0 aliphatic heterocycles. The molecular weight excluding hydrogens is 250 g/mol. The lowest BCUT2D eigenvalue weighted by molar-refractivity contribution is 0.139. The molecule has 0 spiro atoms. The maximum atomic E-state index is 5.62. The van der Waals surface area contributed by atoms with Gasteiger partial charge < -0.3 is 4.74 Å². The van der Waals surface area contributed by atoms with Gasteiger partial charge in [-0.15, -0.1) is 0 Å². The number of hydrogen-bond acceptors (Lipinski definition) is 4. The van der Waals surface area contributed by atoms with Crippen LogP contribution in [-0.4, -0.2) is 34.1 Å². The third-order valence-corrected chi connectivity index (χ3v) is 3.25. The van der Waals surface area contributed by atoms with Crippen molar-refractivity contribution in [1.82, 2.24) is 14.9 Å². The number of ether oxygens (including phenoxy) is 1. The van der Waals surface area contributed by atoms with Crippen molar-refractivity contribution in [3.63, 3.8) is 0 Å². The minimum atomic E-state index is 0.309. The van der Waals surface area contributed by atoms with Crippen molar-refractivity contribution in [2.24, 2.45) is 0 Å². The lowest BCUT2D eigenvalue weighted by atomic mass is 10.2. The van der Waals surface area contributed by atoms with Gasteiger partial charge in [0.25, 0.3) is 0 Å². The molecule has 2 rings (SSSR count). The number of aromatic nitrogens is 2. The van der Waals surface area contributed by atoms with Crippen molar-refractivity contribution >= 4 is 0 Å². The fourth-order valence-electron chi connectivity index (χ4n) is 2.06. The van der Waals surface area contributed by atoms with Gasteiger partial charge in [-0.1, -0.05) is 37.3 Å². The Balaban J connectivity index is 1.87. The van der Waals surface area contributed by atoms with Crippen LogP contribution in [0.3, 0.4) is 0 Å². The Kier molecular flexibility index (Phi) is 5.50. The van der Waals surface area contributed by atoms with E-state index in [1.165, 1.54) is 5.56 Å². The lowest BCUT2D eigenvalue weighted by Gasteiger charge is -2.27. The molecule has 1 unspecified atom stereocenters. The van der Waals surface area contributed by atoms with Crippen LogP contribution in [0.25, 0.3) is 0 Å². The number of rotatable bonds is 7. The van der Waals surface area contributed by atoms with E-state index in [9.17, 15) is 0 Å². The van der Waals surface area contributed by atoms with E-state index >= 15 is 0 Å². The molecule has 0 aliphatic rings. The van der Waals surface area contributed by atoms with Crippen LogP contribution in [0.2, 0.25) is 0 Å². The maximum absolute atomic E-state index is 5.62. The Morgan fingerprint density at radius 3 is 2.45 bits per heavy atom. The molecule has 0 N–H and O–H groups in total. The van der Waals surface area contributed by atoms with Gasteiger partial charge in [0, 0.05) is 25.0 Å². The second kappa shape index (κ2) is 7.60. The van der Waals surface area contributed by atoms with E-state index < -0.39 is 0 Å². The molecule has 2 aromatic rings. The fraction of sp³-hybridized carbons (Fsp3) is 0.375. The fourth-order valence-corrected chi connectivity index (χ4v) is 2.06. The zero-order valence-electron chi connectivity index (χ0n) is 12.1. The van der Waals surface area contributed by atoms with Crippen molar-refractivity contribution < 1.29 is 4.74 Å². The van der Waals surface area contributed by atoms with Crippen LogP contribution in [0.5, 0.6) is 6.01 Å². The zero-order valence-corrected chi connectivity index (χ0v) is 12.1. The van der Waals surface area contributed by atoms with E-state index in [1.807, 2.05) is 6.07 Å². The van der Waals surface area contributed by atoms with Gasteiger partial charge in [-0.2, -0.15) is 0 Å². The van der Waals surface area contributed by atoms with Gasteiger partial charge in [0.2, 0.25) is 0 Å². The van der Waals surface area contributed by atoms with Gasteiger partial charge in [-0.25, -0.2) is 9.97 Å². The highest BCUT2D eigenvalue weighted by atomic mass is 16.5. The van der Waals surface area contributed by atoms with Crippen molar-refractivity contribution in [1.29, 1.82) is 0 Å². The minimum absolute atomic E-state index is 0.309. The molecule has 0 saturated heterocycles. The lowest BCUT2D eigenvalue weighted by Crippen LogP contribution is -2.36. The second-order valence-electron chi connectivity index (χ2n) is 4.74. The molecule has 0 aliphatic carbocycles. The Hall–Kier alpha value is -1.94. The first-order valence-electron chi connectivity index (χ1n) is 6.97. The first-order valence-corrected chi connectivity index (χ1v) is 6.97. The van der Waals surface area contributed by atoms with E-state index in [0.29, 0.717) is 18.7 Å². The summed E-state index contributed by atoms with van der Waals surface area (Å²) in [6, 6.07) is 13.0. The summed E-state index contributed by atoms with van der Waals surface area (Å²) in [5.41, 5.74) is 1.32. The van der Waals surface area contributed by atoms with Gasteiger partial charge in [0.1, 0.15) is 6.61 Å². The van der Waals surface area contributed by atoms with Crippen LogP contribution in [-0.2, 0) is 6.54 Å². The Bertz CT molecular complexity index is 490. The second-order valence-corrected chi connectivity index (χ2v) is 4.74. The van der Waals surface area contributed by atoms with Crippen LogP contribution in [0.15, 0.2) is 48.8 Å². The van der Waals surface area contributed by atoms with Crippen molar-refractivity contribution in [2.75, 3.05) is 13.2 Å². The summed E-state index contributed by atoms with van der Waals surface area (Å²) >= 11 is 0. The largest absolute Gasteiger partial charge is 0.462 e. The monoisotopic (exact) mass is 271 g/mol. The molecule has 1 heterocycles. The summed E-state index contributed by atoms with van der Waals surface area (Å²) in [5.74, 6) is 0. The normalized spacial score (nSPS) is 12.3. The summed E-state index contributed by atoms with van der Waals surface area (Å²) in [5, 5.41) is 0. The van der Waals surface area contributed by atoms with E-state index in [4.69, 9.17) is 4.74 Å². The molecule has 0 fully saturated rings. The molecule has 4 heteroatoms. The molecule has 20 heavy (non-hydrogen) atoms. The number of hydrogen-bond donors (Lipinski definition) is 0. The minimum Gasteiger partial charge on any atom is -0.462 e. The van der Waals surface area contributed by atoms with E-state index in [0.717, 1.165) is 13.1 Å². The summed E-state index contributed by atoms with van der Waals surface area (Å²) < 4.78 is 5.62. The predicted octanol–water partition coefficient (Wildman–Crippen LogP) is 2.77. The van der Waals surface area contributed by atoms with Crippen LogP contribution in [0.4, 0.5) is 0 Å². The summed E-state index contributed by atoms with van der Waals surface area (Å²) in [6.45, 7) is 6.82. The first-order chi connectivity index (χ1) is 9.79. The third kappa shape index (κ3) is 4.31. The number of benzene rings is 1. The van der Waals surface area contributed by atoms with Crippen LogP contribution < -0.4 is 4.74 Å². The van der Waals surface area contributed by atoms with Crippen molar-refractivity contribution in [2.45, 2.75) is 26.4 Å². The number of nitrogens with zero attached hydrogens (tertiary/aromatic N) is 3. The van der Waals surface area contributed by atoms with Gasteiger partial charge >= 0.3 is 6.01 Å². The van der Waals surface area contributed by atoms with Gasteiger partial charge in [-0.3, -0.25) is 4.90 Å². The predicted molar refractivity (Wildman–Crippen MR) is 79.5 cm³/mol. The third-order valence-electron chi connectivity index (χ3n) is 3.25. The Morgan fingerprint density at radius 1 is 1.10 bits per heavy atom. The average molecular weight is 271 g/mol. The molecule has 1 aromatic heterocycles. The molecule has 4 nitrogen and oxygen atoms in total. The van der Waals surface area contributed by atoms with E-state index in [2.05, 4.69) is 53.0 Å². The van der Waals surface area contributed by atoms with Crippen LogP contribution in [0.1, 0.15) is 19.4 Å². The topological polar surface area (TPSA) is 38.2 Å². The summed E-state index contributed by atoms with van der Waals surface area (Å²) in [7, 11) is 0. The Morgan fingerprint density at radius 2 is 1.80 bits per heavy atom. The summed E-state index contributed by atoms with van der Waals surface area (Å²) in [4.78, 5) is 10.5. The SMILES string of the molecule is CCN(Cc1ccccc1)C(C)COc1ncccn1. The molecule has 1 atom stereocenters. The van der Waals surface area contributed by atoms with Crippen LogP contribution >= 0.6 is 0 Å². The molecule has 1 aromatic carbocycles. The molecule has 106 valence electrons. The highest BCUT2D eigenvalue weighted by molar-refractivity contribution is 5.14. The highest BCUT2D eigenvalue weighted by Crippen LogP contribution is 2.09. The van der Waals surface area contributed by atoms with Gasteiger partial charge in [0.05, 0.1) is 0 Å². The number of likely N-dealkylation sites (N-methyl/N-ethyl adjacent to an activating group) is 1. The Labute approximate surface area is 120 Å². The van der Waals surface area contributed by atoms with Gasteiger partial charge in [-0.05, 0) is 25.1 Å². The maximum Gasteiger partial charge on any atom is 0.316 e. The van der Waals surface area contributed by atoms with E-state index in [-0.39, 0.29) is 0 Å². The summed E-state index contributed by atoms with van der Waals surface area (Å²) in [6.07, 6.45) is 3.38. The quantitative estimate of drug-likeness (QED) is 0.776. The first kappa shape index (κ1) is 14.5. The molecule has 0 amide bonds. The molecule has 0 radical (unpaired) electrons. The molecule has 0 saturated carbocycles. The highest BCUT2D eigenvalue weighted by Gasteiger charge is 2.13. The van der Waals surface area contributed by atoms with Crippen LogP contribution in [0, 0.1) is 0 Å². The molecular formula is C16H21N3O. The average Bonchev–Trinajstić information content (AvgIpc) is 2.52. The van der Waals surface area contributed by atoms with Crippen molar-refractivity contribution in [3.8, 4) is 6.01 Å². The smallest absolute Gasteiger partial charge is 0.316 e. The standard InChI is InChI=1S/C16H21N3O/c1-3-19(12-15-8-5-4-6-9-15)14(2)13-20-16-17-10-7-11-18-16/h4-11,14H,3,12-13H2,1-2H3. The van der Waals surface area contributed by atoms with E-state index in [1.54, 1.807) is 18.5 Å². The zero-order chi connectivity index (χ0) is 14.2. The molecule has 0 bridgehead atoms. The van der Waals surface area contributed by atoms with Crippen molar-refractivity contribution in [3.05, 3.63) is 54.4 Å². The van der Waals surface area contributed by atoms with Gasteiger partial charge in [0.15, 0.2) is 0 Å².